The highest BCUT2D eigenvalue weighted by molar-refractivity contribution is 6.24. The van der Waals surface area contributed by atoms with Crippen LogP contribution in [0.2, 0.25) is 0 Å². The average Bonchev–Trinajstić information content (AvgIpc) is 2.66. The molecule has 0 aliphatic rings. The maximum atomic E-state index is 13.7. The standard InChI is InChI=1S/C18H4F12O8/c19-15(20,21)7-3(11(31)32)1-2(5(13(35)36)9(7)17(25,26)27)6(14(37)38)10(18(28,29)30)8(16(22,23)24)4(1)12(33)34/h(H,31,32)(H,33,34)(H,35,36)(H,37,38). The van der Waals surface area contributed by atoms with Gasteiger partial charge in [-0.3, -0.25) is 0 Å². The Hall–Kier alpha value is -4.26. The van der Waals surface area contributed by atoms with Crippen LogP contribution in [0.5, 0.6) is 0 Å². The fourth-order valence-corrected chi connectivity index (χ4v) is 3.74. The molecule has 0 fully saturated rings. The predicted molar refractivity (Wildman–Crippen MR) is 91.8 cm³/mol. The molecule has 208 valence electrons. The molecule has 0 atom stereocenters. The summed E-state index contributed by atoms with van der Waals surface area (Å²) in [6.45, 7) is 0. The summed E-state index contributed by atoms with van der Waals surface area (Å²) < 4.78 is 165. The summed E-state index contributed by atoms with van der Waals surface area (Å²) in [6.07, 6.45) is -26.6. The molecule has 0 amide bonds. The normalized spacial score (nSPS) is 13.1. The molecule has 0 aliphatic heterocycles. The molecule has 0 aliphatic carbocycles. The first-order valence-electron chi connectivity index (χ1n) is 8.73. The van der Waals surface area contributed by atoms with E-state index in [9.17, 15) is 92.3 Å². The third-order valence-electron chi connectivity index (χ3n) is 4.74. The Balaban J connectivity index is 3.96. The van der Waals surface area contributed by atoms with Crippen LogP contribution in [-0.4, -0.2) is 44.3 Å². The zero-order valence-electron chi connectivity index (χ0n) is 17.0. The first kappa shape index (κ1) is 30.0. The van der Waals surface area contributed by atoms with Gasteiger partial charge in [-0.2, -0.15) is 52.7 Å². The quantitative estimate of drug-likeness (QED) is 0.339. The van der Waals surface area contributed by atoms with Gasteiger partial charge in [0.25, 0.3) is 0 Å². The summed E-state index contributed by atoms with van der Waals surface area (Å²) in [5, 5.41) is 31.4. The summed E-state index contributed by atoms with van der Waals surface area (Å²) >= 11 is 0. The molecule has 2 aromatic carbocycles. The molecular weight excluding hydrogens is 572 g/mol. The number of rotatable bonds is 4. The van der Waals surface area contributed by atoms with E-state index in [0.717, 1.165) is 0 Å². The first-order chi connectivity index (χ1) is 16.8. The van der Waals surface area contributed by atoms with Gasteiger partial charge in [-0.05, 0) is 0 Å². The first-order valence-corrected chi connectivity index (χ1v) is 8.73. The van der Waals surface area contributed by atoms with Gasteiger partial charge in [-0.25, -0.2) is 19.2 Å². The van der Waals surface area contributed by atoms with Gasteiger partial charge in [0.05, 0.1) is 44.5 Å². The van der Waals surface area contributed by atoms with Gasteiger partial charge in [-0.1, -0.05) is 0 Å². The van der Waals surface area contributed by atoms with E-state index in [4.69, 9.17) is 0 Å². The van der Waals surface area contributed by atoms with Crippen molar-refractivity contribution in [2.75, 3.05) is 0 Å². The highest BCUT2D eigenvalue weighted by atomic mass is 19.4. The van der Waals surface area contributed by atoms with E-state index in [-0.39, 0.29) is 0 Å². The number of benzene rings is 2. The molecule has 38 heavy (non-hydrogen) atoms. The maximum Gasteiger partial charge on any atom is 0.417 e. The largest absolute Gasteiger partial charge is 0.478 e. The van der Waals surface area contributed by atoms with E-state index in [0.29, 0.717) is 0 Å². The van der Waals surface area contributed by atoms with Crippen molar-refractivity contribution in [2.24, 2.45) is 0 Å². The van der Waals surface area contributed by atoms with Crippen LogP contribution in [0.4, 0.5) is 52.7 Å². The van der Waals surface area contributed by atoms with Crippen LogP contribution in [0.15, 0.2) is 0 Å². The zero-order chi connectivity index (χ0) is 30.1. The molecule has 0 radical (unpaired) electrons. The van der Waals surface area contributed by atoms with Gasteiger partial charge in [0.2, 0.25) is 0 Å². The van der Waals surface area contributed by atoms with Crippen LogP contribution < -0.4 is 0 Å². The lowest BCUT2D eigenvalue weighted by molar-refractivity contribution is -0.163. The molecule has 2 aromatic rings. The fraction of sp³-hybridized carbons (Fsp3) is 0.222. The van der Waals surface area contributed by atoms with E-state index in [1.807, 2.05) is 0 Å². The minimum absolute atomic E-state index is 2.81. The number of fused-ring (bicyclic) bond motifs is 1. The summed E-state index contributed by atoms with van der Waals surface area (Å²) in [6, 6.07) is 0. The van der Waals surface area contributed by atoms with Crippen LogP contribution in [0.1, 0.15) is 63.7 Å². The average molecular weight is 576 g/mol. The van der Waals surface area contributed by atoms with Crippen LogP contribution in [0.3, 0.4) is 0 Å². The van der Waals surface area contributed by atoms with Crippen molar-refractivity contribution in [1.29, 1.82) is 0 Å². The van der Waals surface area contributed by atoms with Crippen LogP contribution in [-0.2, 0) is 24.7 Å². The lowest BCUT2D eigenvalue weighted by atomic mass is 9.79. The van der Waals surface area contributed by atoms with E-state index in [1.54, 1.807) is 0 Å². The van der Waals surface area contributed by atoms with Gasteiger partial charge in [-0.15, -0.1) is 0 Å². The maximum absolute atomic E-state index is 13.7. The molecule has 0 spiro atoms. The Morgan fingerprint density at radius 1 is 0.368 bits per heavy atom. The van der Waals surface area contributed by atoms with E-state index in [2.05, 4.69) is 0 Å². The third kappa shape index (κ3) is 4.72. The molecule has 0 aromatic heterocycles. The van der Waals surface area contributed by atoms with E-state index in [1.165, 1.54) is 0 Å². The molecule has 8 nitrogen and oxygen atoms in total. The van der Waals surface area contributed by atoms with Crippen molar-refractivity contribution in [3.8, 4) is 0 Å². The minimum Gasteiger partial charge on any atom is -0.478 e. The molecule has 0 saturated heterocycles. The van der Waals surface area contributed by atoms with Crippen LogP contribution in [0, 0.1) is 0 Å². The number of hydrogen-bond acceptors (Lipinski definition) is 4. The molecule has 2 rings (SSSR count). The predicted octanol–water partition coefficient (Wildman–Crippen LogP) is 5.71. The number of alkyl halides is 12. The van der Waals surface area contributed by atoms with Crippen molar-refractivity contribution in [3.63, 3.8) is 0 Å². The summed E-state index contributed by atoms with van der Waals surface area (Å²) in [4.78, 5) is 46.7. The van der Waals surface area contributed by atoms with Gasteiger partial charge < -0.3 is 20.4 Å². The molecule has 4 N–H and O–H groups in total. The van der Waals surface area contributed by atoms with E-state index < -0.39 is 104 Å². The number of halogens is 12. The highest BCUT2D eigenvalue weighted by Gasteiger charge is 2.55. The van der Waals surface area contributed by atoms with Crippen LogP contribution >= 0.6 is 0 Å². The van der Waals surface area contributed by atoms with Gasteiger partial charge in [0.1, 0.15) is 0 Å². The van der Waals surface area contributed by atoms with Crippen molar-refractivity contribution in [3.05, 3.63) is 44.5 Å². The van der Waals surface area contributed by atoms with Gasteiger partial charge >= 0.3 is 48.6 Å². The fourth-order valence-electron chi connectivity index (χ4n) is 3.74. The Morgan fingerprint density at radius 2 is 0.500 bits per heavy atom. The molecular formula is C18H4F12O8. The minimum atomic E-state index is -6.66. The van der Waals surface area contributed by atoms with Crippen molar-refractivity contribution in [2.45, 2.75) is 24.7 Å². The third-order valence-corrected chi connectivity index (χ3v) is 4.74. The zero-order valence-corrected chi connectivity index (χ0v) is 17.0. The van der Waals surface area contributed by atoms with Gasteiger partial charge in [0.15, 0.2) is 0 Å². The lowest BCUT2D eigenvalue weighted by Gasteiger charge is -2.27. The van der Waals surface area contributed by atoms with Crippen LogP contribution in [0.25, 0.3) is 10.8 Å². The van der Waals surface area contributed by atoms with Crippen molar-refractivity contribution < 1.29 is 92.3 Å². The Labute approximate surface area is 197 Å². The number of carboxylic acid groups (broad SMARTS) is 4. The molecule has 0 bridgehead atoms. The highest BCUT2D eigenvalue weighted by Crippen LogP contribution is 2.53. The molecule has 20 heteroatoms. The monoisotopic (exact) mass is 576 g/mol. The molecule has 0 unspecified atom stereocenters. The van der Waals surface area contributed by atoms with Crippen molar-refractivity contribution in [1.82, 2.24) is 0 Å². The smallest absolute Gasteiger partial charge is 0.417 e. The second-order valence-electron chi connectivity index (χ2n) is 6.96. The molecule has 0 heterocycles. The number of aromatic carboxylic acids is 4. The Morgan fingerprint density at radius 3 is 0.579 bits per heavy atom. The van der Waals surface area contributed by atoms with Crippen molar-refractivity contribution >= 4 is 34.6 Å². The number of carbonyl (C=O) groups is 4. The van der Waals surface area contributed by atoms with E-state index >= 15 is 0 Å². The number of carboxylic acids is 4. The topological polar surface area (TPSA) is 149 Å². The summed E-state index contributed by atoms with van der Waals surface area (Å²) in [5.74, 6) is -13.3. The number of hydrogen-bond donors (Lipinski definition) is 4. The lowest BCUT2D eigenvalue weighted by Crippen LogP contribution is -2.30. The SMILES string of the molecule is O=C(O)c1c(C(F)(F)F)c(C(F)(F)F)c(C(=O)O)c2c(C(=O)O)c(C(F)(F)F)c(C(F)(F)F)c(C(=O)O)c12. The second-order valence-corrected chi connectivity index (χ2v) is 6.96. The Kier molecular flexibility index (Phi) is 6.82. The summed E-state index contributed by atoms with van der Waals surface area (Å²) in [5.41, 5.74) is -26.8. The molecule has 0 saturated carbocycles. The Bertz CT molecular complexity index is 1200. The summed E-state index contributed by atoms with van der Waals surface area (Å²) in [7, 11) is 0. The second kappa shape index (κ2) is 8.65. The van der Waals surface area contributed by atoms with Gasteiger partial charge in [0, 0.05) is 10.8 Å².